The fourth-order valence-electron chi connectivity index (χ4n) is 2.55. The first kappa shape index (κ1) is 20.9. The van der Waals surface area contributed by atoms with Gasteiger partial charge in [0.25, 0.3) is 11.8 Å². The Labute approximate surface area is 182 Å². The van der Waals surface area contributed by atoms with Gasteiger partial charge < -0.3 is 4.74 Å². The van der Waals surface area contributed by atoms with Crippen LogP contribution in [0.2, 0.25) is 5.02 Å². The molecule has 0 spiro atoms. The van der Waals surface area contributed by atoms with E-state index in [0.717, 1.165) is 11.1 Å². The molecule has 0 fully saturated rings. The van der Waals surface area contributed by atoms with E-state index in [0.29, 0.717) is 20.8 Å². The van der Waals surface area contributed by atoms with Gasteiger partial charge in [0.2, 0.25) is 0 Å². The van der Waals surface area contributed by atoms with Crippen molar-refractivity contribution in [3.05, 3.63) is 87.9 Å². The maximum absolute atomic E-state index is 12.3. The number of ether oxygens (including phenoxy) is 1. The van der Waals surface area contributed by atoms with Crippen LogP contribution >= 0.6 is 27.5 Å². The van der Waals surface area contributed by atoms with Crippen molar-refractivity contribution < 1.29 is 14.3 Å². The molecule has 0 aliphatic rings. The summed E-state index contributed by atoms with van der Waals surface area (Å²) in [5.74, 6) is -0.432. The summed E-state index contributed by atoms with van der Waals surface area (Å²) in [6.45, 7) is 1.58. The normalized spacial score (nSPS) is 11.4. The van der Waals surface area contributed by atoms with E-state index in [1.165, 1.54) is 0 Å². The molecule has 7 heteroatoms. The summed E-state index contributed by atoms with van der Waals surface area (Å²) in [5, 5.41) is 0.548. The quantitative estimate of drug-likeness (QED) is 0.513. The number of hydrogen-bond donors (Lipinski definition) is 2. The van der Waals surface area contributed by atoms with Crippen LogP contribution in [0.1, 0.15) is 17.3 Å². The van der Waals surface area contributed by atoms with Crippen LogP contribution in [-0.2, 0) is 4.79 Å². The molecular weight excluding hydrogens is 456 g/mol. The molecule has 0 saturated carbocycles. The second kappa shape index (κ2) is 9.58. The van der Waals surface area contributed by atoms with Crippen LogP contribution in [0.4, 0.5) is 0 Å². The zero-order chi connectivity index (χ0) is 20.8. The zero-order valence-electron chi connectivity index (χ0n) is 15.5. The lowest BCUT2D eigenvalue weighted by molar-refractivity contribution is -0.128. The molecule has 3 rings (SSSR count). The molecule has 2 amide bonds. The van der Waals surface area contributed by atoms with Gasteiger partial charge in [-0.05, 0) is 64.3 Å². The molecule has 2 N–H and O–H groups in total. The van der Waals surface area contributed by atoms with Gasteiger partial charge in [-0.25, -0.2) is 0 Å². The van der Waals surface area contributed by atoms with Gasteiger partial charge in [0.15, 0.2) is 6.10 Å². The van der Waals surface area contributed by atoms with Crippen LogP contribution in [-0.4, -0.2) is 17.9 Å². The van der Waals surface area contributed by atoms with Crippen LogP contribution in [0.25, 0.3) is 11.1 Å². The van der Waals surface area contributed by atoms with Gasteiger partial charge in [-0.3, -0.25) is 20.4 Å². The predicted octanol–water partition coefficient (Wildman–Crippen LogP) is 5.00. The highest BCUT2D eigenvalue weighted by molar-refractivity contribution is 9.10. The summed E-state index contributed by atoms with van der Waals surface area (Å²) in [7, 11) is 0. The Morgan fingerprint density at radius 2 is 1.59 bits per heavy atom. The average molecular weight is 474 g/mol. The minimum atomic E-state index is -0.826. The largest absolute Gasteiger partial charge is 0.480 e. The van der Waals surface area contributed by atoms with Crippen molar-refractivity contribution in [3.8, 4) is 16.9 Å². The first-order valence-corrected chi connectivity index (χ1v) is 9.98. The van der Waals surface area contributed by atoms with Crippen molar-refractivity contribution in [1.82, 2.24) is 10.9 Å². The van der Waals surface area contributed by atoms with Crippen molar-refractivity contribution in [1.29, 1.82) is 0 Å². The summed E-state index contributed by atoms with van der Waals surface area (Å²) in [6.07, 6.45) is -0.826. The Hall–Kier alpha value is -2.83. The summed E-state index contributed by atoms with van der Waals surface area (Å²) in [4.78, 5) is 24.5. The van der Waals surface area contributed by atoms with Crippen LogP contribution in [0.5, 0.6) is 5.75 Å². The summed E-state index contributed by atoms with van der Waals surface area (Å²) in [6, 6.07) is 22.0. The molecule has 0 aliphatic heterocycles. The molecule has 5 nitrogen and oxygen atoms in total. The molecule has 0 aliphatic carbocycles. The summed E-state index contributed by atoms with van der Waals surface area (Å²) < 4.78 is 6.23. The second-order valence-electron chi connectivity index (χ2n) is 6.22. The Balaban J connectivity index is 1.55. The number of nitrogens with one attached hydrogen (secondary N) is 2. The number of rotatable bonds is 5. The third-order valence-corrected chi connectivity index (χ3v) is 4.98. The molecule has 0 aromatic heterocycles. The van der Waals surface area contributed by atoms with Gasteiger partial charge in [-0.1, -0.05) is 54.1 Å². The standard InChI is InChI=1S/C22H18BrClN2O3/c1-14(29-20-12-11-18(24)13-19(20)23)21(27)25-26-22(28)17-9-7-16(8-10-17)15-5-3-2-4-6-15/h2-14H,1H3,(H,25,27)(H,26,28). The van der Waals surface area contributed by atoms with Crippen molar-refractivity contribution in [2.45, 2.75) is 13.0 Å². The van der Waals surface area contributed by atoms with Crippen molar-refractivity contribution in [3.63, 3.8) is 0 Å². The average Bonchev–Trinajstić information content (AvgIpc) is 2.74. The molecule has 0 radical (unpaired) electrons. The molecule has 1 unspecified atom stereocenters. The van der Waals surface area contributed by atoms with Gasteiger partial charge in [0, 0.05) is 10.6 Å². The number of carbonyl (C=O) groups is 2. The number of amides is 2. The van der Waals surface area contributed by atoms with E-state index in [1.807, 2.05) is 42.5 Å². The van der Waals surface area contributed by atoms with Gasteiger partial charge in [0.1, 0.15) is 5.75 Å². The van der Waals surface area contributed by atoms with Gasteiger partial charge in [0.05, 0.1) is 4.47 Å². The van der Waals surface area contributed by atoms with Crippen LogP contribution in [0.3, 0.4) is 0 Å². The molecule has 148 valence electrons. The highest BCUT2D eigenvalue weighted by Gasteiger charge is 2.17. The highest BCUT2D eigenvalue weighted by Crippen LogP contribution is 2.28. The smallest absolute Gasteiger partial charge is 0.279 e. The number of hydrazine groups is 1. The maximum atomic E-state index is 12.3. The molecule has 3 aromatic carbocycles. The molecule has 3 aromatic rings. The molecular formula is C22H18BrClN2O3. The molecule has 0 heterocycles. The topological polar surface area (TPSA) is 67.4 Å². The van der Waals surface area contributed by atoms with Crippen LogP contribution in [0, 0.1) is 0 Å². The zero-order valence-corrected chi connectivity index (χ0v) is 17.8. The Morgan fingerprint density at radius 3 is 2.24 bits per heavy atom. The first-order chi connectivity index (χ1) is 13.9. The van der Waals surface area contributed by atoms with E-state index in [-0.39, 0.29) is 0 Å². The lowest BCUT2D eigenvalue weighted by Crippen LogP contribution is -2.47. The minimum absolute atomic E-state index is 0.419. The van der Waals surface area contributed by atoms with E-state index in [2.05, 4.69) is 26.8 Å². The minimum Gasteiger partial charge on any atom is -0.480 e. The fraction of sp³-hybridized carbons (Fsp3) is 0.0909. The number of benzene rings is 3. The van der Waals surface area contributed by atoms with E-state index in [9.17, 15) is 9.59 Å². The monoisotopic (exact) mass is 472 g/mol. The Bertz CT molecular complexity index is 1010. The molecule has 29 heavy (non-hydrogen) atoms. The van der Waals surface area contributed by atoms with Gasteiger partial charge in [-0.2, -0.15) is 0 Å². The first-order valence-electron chi connectivity index (χ1n) is 8.81. The summed E-state index contributed by atoms with van der Waals surface area (Å²) >= 11 is 9.22. The van der Waals surface area contributed by atoms with Crippen molar-refractivity contribution in [2.75, 3.05) is 0 Å². The lowest BCUT2D eigenvalue weighted by atomic mass is 10.0. The molecule has 1 atom stereocenters. The third-order valence-electron chi connectivity index (χ3n) is 4.12. The fourth-order valence-corrected chi connectivity index (χ4v) is 3.33. The van der Waals surface area contributed by atoms with E-state index in [4.69, 9.17) is 16.3 Å². The predicted molar refractivity (Wildman–Crippen MR) is 117 cm³/mol. The number of carbonyl (C=O) groups excluding carboxylic acids is 2. The van der Waals surface area contributed by atoms with E-state index < -0.39 is 17.9 Å². The number of hydrogen-bond acceptors (Lipinski definition) is 3. The third kappa shape index (κ3) is 5.59. The van der Waals surface area contributed by atoms with E-state index in [1.54, 1.807) is 37.3 Å². The molecule has 0 saturated heterocycles. The summed E-state index contributed by atoms with van der Waals surface area (Å²) in [5.41, 5.74) is 7.26. The van der Waals surface area contributed by atoms with Crippen molar-refractivity contribution in [2.24, 2.45) is 0 Å². The number of halogens is 2. The molecule has 0 bridgehead atoms. The van der Waals surface area contributed by atoms with Crippen LogP contribution in [0.15, 0.2) is 77.3 Å². The Kier molecular flexibility index (Phi) is 6.90. The SMILES string of the molecule is CC(Oc1ccc(Cl)cc1Br)C(=O)NNC(=O)c1ccc(-c2ccccc2)cc1. The van der Waals surface area contributed by atoms with Gasteiger partial charge in [-0.15, -0.1) is 0 Å². The highest BCUT2D eigenvalue weighted by atomic mass is 79.9. The van der Waals surface area contributed by atoms with Gasteiger partial charge >= 0.3 is 0 Å². The van der Waals surface area contributed by atoms with Crippen molar-refractivity contribution >= 4 is 39.3 Å². The second-order valence-corrected chi connectivity index (χ2v) is 7.51. The Morgan fingerprint density at radius 1 is 0.931 bits per heavy atom. The van der Waals surface area contributed by atoms with Crippen LogP contribution < -0.4 is 15.6 Å². The maximum Gasteiger partial charge on any atom is 0.279 e. The van der Waals surface area contributed by atoms with E-state index >= 15 is 0 Å². The lowest BCUT2D eigenvalue weighted by Gasteiger charge is -2.16.